The lowest BCUT2D eigenvalue weighted by atomic mass is 9.76. The molecule has 28 heavy (non-hydrogen) atoms. The van der Waals surface area contributed by atoms with Gasteiger partial charge in [-0.05, 0) is 17.7 Å². The Kier molecular flexibility index (Phi) is 3.65. The second-order valence-corrected chi connectivity index (χ2v) is 6.94. The summed E-state index contributed by atoms with van der Waals surface area (Å²) in [6.45, 7) is 0.170. The van der Waals surface area contributed by atoms with Crippen LogP contribution in [0.5, 0.6) is 0 Å². The van der Waals surface area contributed by atoms with Crippen molar-refractivity contribution in [3.63, 3.8) is 0 Å². The van der Waals surface area contributed by atoms with Crippen molar-refractivity contribution in [1.82, 2.24) is 5.32 Å². The molecule has 2 aromatic carbocycles. The largest absolute Gasteiger partial charge is 0.456 e. The van der Waals surface area contributed by atoms with Gasteiger partial charge in [0.25, 0.3) is 5.69 Å². The Morgan fingerprint density at radius 2 is 2.00 bits per heavy atom. The molecule has 2 aromatic rings. The molecular formula is C20H16N4O4. The molecular weight excluding hydrogens is 360 g/mol. The number of nitrogens with zero attached hydrogens (tertiary/aromatic N) is 2. The number of para-hydroxylation sites is 2. The molecule has 0 amide bonds. The number of non-ortho nitro benzene ring substituents is 1. The zero-order chi connectivity index (χ0) is 19.3. The summed E-state index contributed by atoms with van der Waals surface area (Å²) in [4.78, 5) is 27.9. The molecule has 0 spiro atoms. The molecule has 5 rings (SSSR count). The maximum absolute atomic E-state index is 12.5. The summed E-state index contributed by atoms with van der Waals surface area (Å²) < 4.78 is 5.25. The molecule has 3 atom stereocenters. The van der Waals surface area contributed by atoms with Gasteiger partial charge in [-0.15, -0.1) is 0 Å². The molecule has 0 fully saturated rings. The van der Waals surface area contributed by atoms with Crippen molar-refractivity contribution >= 4 is 29.2 Å². The third kappa shape index (κ3) is 2.53. The monoisotopic (exact) mass is 376 g/mol. The van der Waals surface area contributed by atoms with Crippen LogP contribution < -0.4 is 10.6 Å². The minimum atomic E-state index is -0.431. The normalized spacial score (nSPS) is 24.9. The van der Waals surface area contributed by atoms with Crippen LogP contribution in [0.25, 0.3) is 0 Å². The van der Waals surface area contributed by atoms with Crippen LogP contribution in [0.2, 0.25) is 0 Å². The number of fused-ring (bicyclic) bond motifs is 2. The lowest BCUT2D eigenvalue weighted by molar-refractivity contribution is -0.384. The Morgan fingerprint density at radius 1 is 1.14 bits per heavy atom. The molecule has 8 nitrogen and oxygen atoms in total. The summed E-state index contributed by atoms with van der Waals surface area (Å²) in [6, 6.07) is 14.1. The molecule has 0 radical (unpaired) electrons. The molecule has 0 aromatic heterocycles. The smallest absolute Gasteiger partial charge is 0.336 e. The average molecular weight is 376 g/mol. The van der Waals surface area contributed by atoms with Gasteiger partial charge in [0.2, 0.25) is 0 Å². The van der Waals surface area contributed by atoms with E-state index in [4.69, 9.17) is 4.74 Å². The predicted molar refractivity (Wildman–Crippen MR) is 102 cm³/mol. The van der Waals surface area contributed by atoms with E-state index in [1.165, 1.54) is 12.1 Å². The molecule has 3 aliphatic heterocycles. The number of hydrogen-bond donors (Lipinski definition) is 2. The molecule has 8 heteroatoms. The summed E-state index contributed by atoms with van der Waals surface area (Å²) in [5, 5.41) is 18.1. The fraction of sp³-hybridized carbons (Fsp3) is 0.200. The number of esters is 1. The summed E-state index contributed by atoms with van der Waals surface area (Å²) >= 11 is 0. The fourth-order valence-electron chi connectivity index (χ4n) is 4.09. The highest BCUT2D eigenvalue weighted by atomic mass is 16.6. The number of ether oxygens (including phenoxy) is 1. The van der Waals surface area contributed by atoms with Gasteiger partial charge in [-0.1, -0.05) is 24.3 Å². The van der Waals surface area contributed by atoms with Crippen LogP contribution in [-0.2, 0) is 9.53 Å². The Hall–Kier alpha value is -3.68. The molecule has 0 saturated heterocycles. The van der Waals surface area contributed by atoms with Crippen LogP contribution in [0.1, 0.15) is 11.5 Å². The first-order valence-corrected chi connectivity index (χ1v) is 8.92. The predicted octanol–water partition coefficient (Wildman–Crippen LogP) is 2.86. The van der Waals surface area contributed by atoms with Crippen molar-refractivity contribution < 1.29 is 14.5 Å². The summed E-state index contributed by atoms with van der Waals surface area (Å²) in [5.74, 6) is -1.03. The van der Waals surface area contributed by atoms with Crippen LogP contribution in [0.15, 0.2) is 64.8 Å². The van der Waals surface area contributed by atoms with Gasteiger partial charge in [-0.2, -0.15) is 0 Å². The van der Waals surface area contributed by atoms with E-state index in [0.717, 1.165) is 11.4 Å². The number of carbonyl (C=O) groups excluding carboxylic acids is 1. The first-order valence-electron chi connectivity index (χ1n) is 8.92. The van der Waals surface area contributed by atoms with Gasteiger partial charge in [0, 0.05) is 30.2 Å². The Balaban J connectivity index is 1.65. The molecule has 2 N–H and O–H groups in total. The van der Waals surface area contributed by atoms with Crippen molar-refractivity contribution in [3.05, 3.63) is 75.5 Å². The first-order chi connectivity index (χ1) is 13.6. The number of rotatable bonds is 2. The minimum Gasteiger partial charge on any atom is -0.456 e. The van der Waals surface area contributed by atoms with E-state index < -0.39 is 16.8 Å². The highest BCUT2D eigenvalue weighted by Crippen LogP contribution is 2.43. The maximum atomic E-state index is 12.5. The number of hydrogen-bond acceptors (Lipinski definition) is 7. The number of carbonyl (C=O) groups is 1. The standard InChI is InChI=1S/C20H16N4O4/c25-20-18-16(10-28-20)23-19-13(9-21-14-6-1-2-7-15(14)22-19)17(18)11-4-3-5-12(8-11)24(26)27/h1-9,13,17,19,22-23H,10H2/t13?,17-,19?/m1/s1. The molecule has 140 valence electrons. The lowest BCUT2D eigenvalue weighted by Gasteiger charge is -2.37. The number of benzene rings is 2. The minimum absolute atomic E-state index is 0.0112. The Bertz CT molecular complexity index is 1060. The van der Waals surface area contributed by atoms with Crippen molar-refractivity contribution in [2.75, 3.05) is 11.9 Å². The highest BCUT2D eigenvalue weighted by Gasteiger charge is 2.45. The van der Waals surface area contributed by atoms with E-state index in [1.54, 1.807) is 6.07 Å². The number of cyclic esters (lactones) is 1. The third-order valence-corrected chi connectivity index (χ3v) is 5.34. The first kappa shape index (κ1) is 16.5. The summed E-state index contributed by atoms with van der Waals surface area (Å²) in [5.41, 5.74) is 3.59. The van der Waals surface area contributed by atoms with E-state index in [-0.39, 0.29) is 24.4 Å². The maximum Gasteiger partial charge on any atom is 0.336 e. The molecule has 2 unspecified atom stereocenters. The number of anilines is 1. The number of nitro groups is 1. The van der Waals surface area contributed by atoms with Crippen molar-refractivity contribution in [2.24, 2.45) is 10.9 Å². The Labute approximate surface area is 160 Å². The quantitative estimate of drug-likeness (QED) is 0.474. The van der Waals surface area contributed by atoms with E-state index in [0.29, 0.717) is 16.8 Å². The van der Waals surface area contributed by atoms with Crippen molar-refractivity contribution in [3.8, 4) is 0 Å². The second-order valence-electron chi connectivity index (χ2n) is 6.94. The lowest BCUT2D eigenvalue weighted by Crippen LogP contribution is -2.49. The van der Waals surface area contributed by atoms with Gasteiger partial charge in [-0.3, -0.25) is 15.1 Å². The van der Waals surface area contributed by atoms with E-state index in [1.807, 2.05) is 36.5 Å². The van der Waals surface area contributed by atoms with Gasteiger partial charge in [-0.25, -0.2) is 4.79 Å². The van der Waals surface area contributed by atoms with Crippen LogP contribution >= 0.6 is 0 Å². The zero-order valence-electron chi connectivity index (χ0n) is 14.7. The van der Waals surface area contributed by atoms with E-state index in [2.05, 4.69) is 15.6 Å². The molecule has 3 aliphatic rings. The highest BCUT2D eigenvalue weighted by molar-refractivity contribution is 5.95. The van der Waals surface area contributed by atoms with Crippen LogP contribution in [0.3, 0.4) is 0 Å². The van der Waals surface area contributed by atoms with Gasteiger partial charge < -0.3 is 15.4 Å². The van der Waals surface area contributed by atoms with E-state index >= 15 is 0 Å². The van der Waals surface area contributed by atoms with Crippen molar-refractivity contribution in [1.29, 1.82) is 0 Å². The SMILES string of the molecule is O=C1OCC2=C1[C@H](c1cccc([N+](=O)[O-])c1)C1C=Nc3ccccc3NC1N2. The van der Waals surface area contributed by atoms with Gasteiger partial charge in [0.05, 0.1) is 27.6 Å². The van der Waals surface area contributed by atoms with Crippen LogP contribution in [0, 0.1) is 16.0 Å². The molecule has 0 bridgehead atoms. The molecule has 3 heterocycles. The topological polar surface area (TPSA) is 106 Å². The number of nitrogens with one attached hydrogen (secondary N) is 2. The Morgan fingerprint density at radius 3 is 2.86 bits per heavy atom. The molecule has 0 saturated carbocycles. The van der Waals surface area contributed by atoms with Crippen LogP contribution in [0.4, 0.5) is 17.1 Å². The van der Waals surface area contributed by atoms with Gasteiger partial charge >= 0.3 is 5.97 Å². The number of aliphatic imine (C=N–C) groups is 1. The second kappa shape index (κ2) is 6.19. The van der Waals surface area contributed by atoms with Crippen LogP contribution in [-0.4, -0.2) is 29.9 Å². The van der Waals surface area contributed by atoms with Crippen molar-refractivity contribution in [2.45, 2.75) is 12.1 Å². The number of nitro benzene ring substituents is 1. The van der Waals surface area contributed by atoms with Gasteiger partial charge in [0.1, 0.15) is 12.8 Å². The summed E-state index contributed by atoms with van der Waals surface area (Å²) in [7, 11) is 0. The molecule has 0 aliphatic carbocycles. The summed E-state index contributed by atoms with van der Waals surface area (Å²) in [6.07, 6.45) is 1.58. The van der Waals surface area contributed by atoms with E-state index in [9.17, 15) is 14.9 Å². The fourth-order valence-corrected chi connectivity index (χ4v) is 4.09. The average Bonchev–Trinajstić information content (AvgIpc) is 2.96. The zero-order valence-corrected chi connectivity index (χ0v) is 14.7. The third-order valence-electron chi connectivity index (χ3n) is 5.34. The van der Waals surface area contributed by atoms with Gasteiger partial charge in [0.15, 0.2) is 0 Å².